The summed E-state index contributed by atoms with van der Waals surface area (Å²) in [6, 6.07) is 8.13. The second-order valence-corrected chi connectivity index (χ2v) is 8.95. The molecule has 2 saturated heterocycles. The zero-order valence-electron chi connectivity index (χ0n) is 18.7. The minimum atomic E-state index is -4.77. The van der Waals surface area contributed by atoms with Crippen LogP contribution in [0.15, 0.2) is 42.6 Å². The van der Waals surface area contributed by atoms with Gasteiger partial charge in [0.1, 0.15) is 11.4 Å². The van der Waals surface area contributed by atoms with Crippen molar-refractivity contribution in [2.45, 2.75) is 24.8 Å². The first-order chi connectivity index (χ1) is 16.6. The molecular formula is C23H24ClF3N4O4. The second-order valence-electron chi connectivity index (χ2n) is 8.51. The van der Waals surface area contributed by atoms with Gasteiger partial charge in [0.2, 0.25) is 5.91 Å². The third-order valence-corrected chi connectivity index (χ3v) is 6.20. The Hall–Kier alpha value is -2.89. The third kappa shape index (κ3) is 6.83. The van der Waals surface area contributed by atoms with E-state index in [9.17, 15) is 22.8 Å². The molecule has 35 heavy (non-hydrogen) atoms. The number of morpholine rings is 1. The Morgan fingerprint density at radius 3 is 2.51 bits per heavy atom. The summed E-state index contributed by atoms with van der Waals surface area (Å²) in [6.07, 6.45) is -2.03. The van der Waals surface area contributed by atoms with Gasteiger partial charge >= 0.3 is 6.36 Å². The number of ether oxygens (including phenoxy) is 2. The average Bonchev–Trinajstić information content (AvgIpc) is 2.79. The smallest absolute Gasteiger partial charge is 0.406 e. The first-order valence-electron chi connectivity index (χ1n) is 11.0. The maximum absolute atomic E-state index is 12.7. The molecule has 4 rings (SSSR count). The number of aromatic nitrogens is 1. The molecule has 1 aromatic heterocycles. The van der Waals surface area contributed by atoms with Crippen LogP contribution >= 0.6 is 11.6 Å². The van der Waals surface area contributed by atoms with Gasteiger partial charge in [0.15, 0.2) is 0 Å². The zero-order valence-corrected chi connectivity index (χ0v) is 19.4. The first-order valence-corrected chi connectivity index (χ1v) is 11.4. The number of hydrogen-bond donors (Lipinski definition) is 1. The van der Waals surface area contributed by atoms with Crippen molar-refractivity contribution >= 4 is 29.1 Å². The molecule has 0 atom stereocenters. The highest BCUT2D eigenvalue weighted by Gasteiger charge is 2.41. The molecule has 0 bridgehead atoms. The van der Waals surface area contributed by atoms with E-state index in [1.54, 1.807) is 17.0 Å². The lowest BCUT2D eigenvalue weighted by Crippen LogP contribution is -2.58. The van der Waals surface area contributed by atoms with E-state index >= 15 is 0 Å². The second kappa shape index (κ2) is 10.4. The summed E-state index contributed by atoms with van der Waals surface area (Å²) in [4.78, 5) is 33.1. The van der Waals surface area contributed by atoms with Crippen molar-refractivity contribution in [2.75, 3.05) is 44.6 Å². The summed E-state index contributed by atoms with van der Waals surface area (Å²) in [7, 11) is 0. The van der Waals surface area contributed by atoms with E-state index in [0.717, 1.165) is 12.1 Å². The molecule has 1 N–H and O–H groups in total. The molecule has 0 unspecified atom stereocenters. The summed E-state index contributed by atoms with van der Waals surface area (Å²) < 4.78 is 46.8. The van der Waals surface area contributed by atoms with Crippen LogP contribution in [0.5, 0.6) is 5.75 Å². The molecule has 12 heteroatoms. The fourth-order valence-electron chi connectivity index (χ4n) is 4.31. The normalized spacial score (nSPS) is 18.3. The number of piperidine rings is 1. The molecule has 0 aliphatic carbocycles. The Kier molecular flexibility index (Phi) is 7.48. The Labute approximate surface area is 204 Å². The predicted octanol–water partition coefficient (Wildman–Crippen LogP) is 3.58. The van der Waals surface area contributed by atoms with Gasteiger partial charge in [0, 0.05) is 43.1 Å². The van der Waals surface area contributed by atoms with E-state index in [4.69, 9.17) is 16.3 Å². The molecule has 8 nitrogen and oxygen atoms in total. The van der Waals surface area contributed by atoms with Crippen molar-refractivity contribution in [1.82, 2.24) is 14.8 Å². The minimum absolute atomic E-state index is 0.112. The van der Waals surface area contributed by atoms with E-state index in [1.807, 2.05) is 4.90 Å². The molecule has 2 aromatic rings. The number of pyridine rings is 1. The molecule has 3 heterocycles. The SMILES string of the molecule is O=C(CN1CCOC2(CCN(C(=O)c3cc(Cl)ccn3)CC2)C1)Nc1ccc(OC(F)(F)F)cc1. The largest absolute Gasteiger partial charge is 0.573 e. The number of amides is 2. The van der Waals surface area contributed by atoms with Crippen molar-refractivity contribution in [1.29, 1.82) is 0 Å². The number of rotatable bonds is 5. The summed E-state index contributed by atoms with van der Waals surface area (Å²) in [5.74, 6) is -0.825. The van der Waals surface area contributed by atoms with Gasteiger partial charge in [-0.2, -0.15) is 0 Å². The average molecular weight is 513 g/mol. The Bertz CT molecular complexity index is 1060. The standard InChI is InChI=1S/C23H24ClF3N4O4/c24-16-5-8-28-19(13-16)21(33)31-9-6-22(7-10-31)15-30(11-12-34-22)14-20(32)29-17-1-3-18(4-2-17)35-23(25,26)27/h1-5,8,13H,6-7,9-12,14-15H2,(H,29,32). The molecule has 2 fully saturated rings. The van der Waals surface area contributed by atoms with E-state index in [0.29, 0.717) is 62.0 Å². The lowest BCUT2D eigenvalue weighted by atomic mass is 9.89. The highest BCUT2D eigenvalue weighted by molar-refractivity contribution is 6.30. The van der Waals surface area contributed by atoms with Gasteiger partial charge in [-0.3, -0.25) is 19.5 Å². The van der Waals surface area contributed by atoms with Crippen LogP contribution in [-0.2, 0) is 9.53 Å². The molecule has 2 amide bonds. The third-order valence-electron chi connectivity index (χ3n) is 5.97. The lowest BCUT2D eigenvalue weighted by Gasteiger charge is -2.47. The number of carbonyl (C=O) groups excluding carboxylic acids is 2. The Balaban J connectivity index is 1.27. The van der Waals surface area contributed by atoms with Gasteiger partial charge in [-0.1, -0.05) is 11.6 Å². The van der Waals surface area contributed by atoms with Gasteiger partial charge in [0.05, 0.1) is 18.8 Å². The fourth-order valence-corrected chi connectivity index (χ4v) is 4.47. The highest BCUT2D eigenvalue weighted by Crippen LogP contribution is 2.31. The van der Waals surface area contributed by atoms with Gasteiger partial charge < -0.3 is 19.7 Å². The first kappa shape index (κ1) is 25.2. The number of nitrogens with one attached hydrogen (secondary N) is 1. The Morgan fingerprint density at radius 1 is 1.14 bits per heavy atom. The molecule has 1 spiro atoms. The van der Waals surface area contributed by atoms with Crippen molar-refractivity contribution in [2.24, 2.45) is 0 Å². The number of halogens is 4. The Morgan fingerprint density at radius 2 is 1.86 bits per heavy atom. The summed E-state index contributed by atoms with van der Waals surface area (Å²) in [5.41, 5.74) is 0.219. The minimum Gasteiger partial charge on any atom is -0.406 e. The molecule has 0 saturated carbocycles. The number of benzene rings is 1. The number of nitrogens with zero attached hydrogens (tertiary/aromatic N) is 3. The van der Waals surface area contributed by atoms with E-state index < -0.39 is 12.0 Å². The van der Waals surface area contributed by atoms with E-state index in [-0.39, 0.29) is 24.1 Å². The lowest BCUT2D eigenvalue weighted by molar-refractivity contribution is -0.274. The van der Waals surface area contributed by atoms with Crippen LogP contribution in [0, 0.1) is 0 Å². The zero-order chi connectivity index (χ0) is 25.1. The molecule has 0 radical (unpaired) electrons. The van der Waals surface area contributed by atoms with Gasteiger partial charge in [-0.25, -0.2) is 0 Å². The van der Waals surface area contributed by atoms with E-state index in [1.165, 1.54) is 18.3 Å². The number of anilines is 1. The molecule has 188 valence electrons. The number of likely N-dealkylation sites (tertiary alicyclic amines) is 1. The van der Waals surface area contributed by atoms with Crippen LogP contribution in [0.2, 0.25) is 5.02 Å². The van der Waals surface area contributed by atoms with Crippen LogP contribution in [0.1, 0.15) is 23.3 Å². The highest BCUT2D eigenvalue weighted by atomic mass is 35.5. The van der Waals surface area contributed by atoms with Crippen LogP contribution in [0.4, 0.5) is 18.9 Å². The summed E-state index contributed by atoms with van der Waals surface area (Å²) in [5, 5.41) is 3.14. The van der Waals surface area contributed by atoms with Gasteiger partial charge in [-0.15, -0.1) is 13.2 Å². The van der Waals surface area contributed by atoms with Crippen molar-refractivity contribution < 1.29 is 32.2 Å². The monoisotopic (exact) mass is 512 g/mol. The quantitative estimate of drug-likeness (QED) is 0.659. The maximum Gasteiger partial charge on any atom is 0.573 e. The molecular weight excluding hydrogens is 489 g/mol. The predicted molar refractivity (Wildman–Crippen MR) is 121 cm³/mol. The van der Waals surface area contributed by atoms with E-state index in [2.05, 4.69) is 15.0 Å². The van der Waals surface area contributed by atoms with Crippen molar-refractivity contribution in [3.63, 3.8) is 0 Å². The fraction of sp³-hybridized carbons (Fsp3) is 0.435. The van der Waals surface area contributed by atoms with Crippen LogP contribution < -0.4 is 10.1 Å². The van der Waals surface area contributed by atoms with Crippen LogP contribution in [0.25, 0.3) is 0 Å². The number of carbonyl (C=O) groups is 2. The van der Waals surface area contributed by atoms with Gasteiger partial charge in [-0.05, 0) is 49.2 Å². The number of hydrogen-bond acceptors (Lipinski definition) is 6. The van der Waals surface area contributed by atoms with Gasteiger partial charge in [0.25, 0.3) is 5.91 Å². The summed E-state index contributed by atoms with van der Waals surface area (Å²) >= 11 is 5.97. The molecule has 2 aliphatic rings. The molecule has 2 aliphatic heterocycles. The topological polar surface area (TPSA) is 84.0 Å². The van der Waals surface area contributed by atoms with Crippen LogP contribution in [0.3, 0.4) is 0 Å². The maximum atomic E-state index is 12.7. The van der Waals surface area contributed by atoms with Crippen molar-refractivity contribution in [3.05, 3.63) is 53.3 Å². The van der Waals surface area contributed by atoms with Crippen LogP contribution in [-0.4, -0.2) is 77.9 Å². The molecule has 1 aromatic carbocycles. The van der Waals surface area contributed by atoms with Crippen molar-refractivity contribution in [3.8, 4) is 5.75 Å². The summed E-state index contributed by atoms with van der Waals surface area (Å²) in [6.45, 7) is 2.68. The number of alkyl halides is 3.